The van der Waals surface area contributed by atoms with Crippen molar-refractivity contribution < 1.29 is 21.6 Å². The first-order valence-corrected chi connectivity index (χ1v) is 9.47. The van der Waals surface area contributed by atoms with Crippen LogP contribution in [0.25, 0.3) is 0 Å². The number of nitrogens with zero attached hydrogens (tertiary/aromatic N) is 1. The number of fused-ring (bicyclic) bond motifs is 1. The summed E-state index contributed by atoms with van der Waals surface area (Å²) in [6.45, 7) is 4.79. The van der Waals surface area contributed by atoms with E-state index in [1.807, 2.05) is 11.6 Å². The number of sulfonamides is 1. The smallest absolute Gasteiger partial charge is 0.397 e. The standard InChI is InChI=1S/C15H22F3N3O2S/c1-3-11-6-5-10-7-12(19)13(8-14(10)21(11)4-2)20-24(22,23)9-15(16,17)18/h7-8,11,20H,3-6,9,19H2,1-2H3. The van der Waals surface area contributed by atoms with E-state index in [0.29, 0.717) is 6.04 Å². The molecule has 0 saturated heterocycles. The third-order valence-corrected chi connectivity index (χ3v) is 5.42. The van der Waals surface area contributed by atoms with Crippen molar-refractivity contribution in [2.24, 2.45) is 0 Å². The highest BCUT2D eigenvalue weighted by molar-refractivity contribution is 7.92. The lowest BCUT2D eigenvalue weighted by atomic mass is 9.93. The number of hydrogen-bond donors (Lipinski definition) is 2. The van der Waals surface area contributed by atoms with Gasteiger partial charge in [0.05, 0.1) is 11.4 Å². The molecule has 1 aliphatic heterocycles. The predicted molar refractivity (Wildman–Crippen MR) is 89.7 cm³/mol. The number of benzene rings is 1. The lowest BCUT2D eigenvalue weighted by Crippen LogP contribution is -2.39. The Balaban J connectivity index is 2.37. The van der Waals surface area contributed by atoms with Crippen molar-refractivity contribution in [1.82, 2.24) is 0 Å². The molecule has 0 bridgehead atoms. The molecule has 0 aromatic heterocycles. The summed E-state index contributed by atoms with van der Waals surface area (Å²) in [5.41, 5.74) is 7.78. The van der Waals surface area contributed by atoms with E-state index in [2.05, 4.69) is 11.8 Å². The molecular formula is C15H22F3N3O2S. The minimum absolute atomic E-state index is 0.00629. The van der Waals surface area contributed by atoms with Crippen LogP contribution in [0, 0.1) is 0 Å². The van der Waals surface area contributed by atoms with Crippen molar-refractivity contribution in [3.8, 4) is 0 Å². The minimum atomic E-state index is -4.81. The number of hydrogen-bond acceptors (Lipinski definition) is 4. The monoisotopic (exact) mass is 365 g/mol. The van der Waals surface area contributed by atoms with E-state index in [1.54, 1.807) is 12.1 Å². The zero-order valence-corrected chi connectivity index (χ0v) is 14.5. The molecule has 2 rings (SSSR count). The molecule has 1 heterocycles. The van der Waals surface area contributed by atoms with Crippen LogP contribution in [0.2, 0.25) is 0 Å². The summed E-state index contributed by atoms with van der Waals surface area (Å²) in [5, 5.41) is 0. The van der Waals surface area contributed by atoms with Crippen LogP contribution >= 0.6 is 0 Å². The fraction of sp³-hybridized carbons (Fsp3) is 0.600. The van der Waals surface area contributed by atoms with Crippen LogP contribution in [-0.2, 0) is 16.4 Å². The minimum Gasteiger partial charge on any atom is -0.397 e. The largest absolute Gasteiger partial charge is 0.404 e. The van der Waals surface area contributed by atoms with Gasteiger partial charge in [-0.2, -0.15) is 13.2 Å². The third-order valence-electron chi connectivity index (χ3n) is 4.18. The summed E-state index contributed by atoms with van der Waals surface area (Å²) in [7, 11) is -4.56. The summed E-state index contributed by atoms with van der Waals surface area (Å²) < 4.78 is 62.5. The summed E-state index contributed by atoms with van der Waals surface area (Å²) in [5.74, 6) is -1.94. The Labute approximate surface area is 140 Å². The number of nitrogen functional groups attached to an aromatic ring is 1. The third kappa shape index (κ3) is 4.25. The first-order chi connectivity index (χ1) is 11.1. The van der Waals surface area contributed by atoms with Gasteiger partial charge in [-0.3, -0.25) is 4.72 Å². The average molecular weight is 365 g/mol. The van der Waals surface area contributed by atoms with Crippen LogP contribution < -0.4 is 15.4 Å². The predicted octanol–water partition coefficient (Wildman–Crippen LogP) is 3.12. The first kappa shape index (κ1) is 18.7. The van der Waals surface area contributed by atoms with Gasteiger partial charge in [0.2, 0.25) is 10.0 Å². The summed E-state index contributed by atoms with van der Waals surface area (Å²) >= 11 is 0. The van der Waals surface area contributed by atoms with Crippen LogP contribution in [-0.4, -0.2) is 32.9 Å². The Morgan fingerprint density at radius 2 is 2.00 bits per heavy atom. The van der Waals surface area contributed by atoms with Gasteiger partial charge in [-0.1, -0.05) is 6.92 Å². The molecule has 1 aliphatic rings. The second kappa shape index (κ2) is 6.70. The van der Waals surface area contributed by atoms with Gasteiger partial charge < -0.3 is 10.6 Å². The molecule has 0 amide bonds. The van der Waals surface area contributed by atoms with Crippen molar-refractivity contribution in [2.75, 3.05) is 27.7 Å². The summed E-state index contributed by atoms with van der Waals surface area (Å²) in [6.07, 6.45) is -2.09. The molecule has 0 spiro atoms. The fourth-order valence-electron chi connectivity index (χ4n) is 3.15. The highest BCUT2D eigenvalue weighted by atomic mass is 32.2. The maximum atomic E-state index is 12.4. The van der Waals surface area contributed by atoms with Crippen LogP contribution in [0.4, 0.5) is 30.2 Å². The van der Waals surface area contributed by atoms with E-state index < -0.39 is 22.0 Å². The van der Waals surface area contributed by atoms with Crippen molar-refractivity contribution in [3.63, 3.8) is 0 Å². The second-order valence-corrected chi connectivity index (χ2v) is 7.65. The van der Waals surface area contributed by atoms with Crippen molar-refractivity contribution in [3.05, 3.63) is 17.7 Å². The molecule has 0 radical (unpaired) electrons. The topological polar surface area (TPSA) is 75.4 Å². The first-order valence-electron chi connectivity index (χ1n) is 7.82. The van der Waals surface area contributed by atoms with Gasteiger partial charge in [0, 0.05) is 18.3 Å². The Hall–Kier alpha value is -1.64. The molecule has 136 valence electrons. The highest BCUT2D eigenvalue weighted by Gasteiger charge is 2.35. The van der Waals surface area contributed by atoms with Crippen molar-refractivity contribution >= 4 is 27.1 Å². The van der Waals surface area contributed by atoms with Gasteiger partial charge in [-0.25, -0.2) is 8.42 Å². The van der Waals surface area contributed by atoms with Gasteiger partial charge in [-0.05, 0) is 43.9 Å². The SMILES string of the molecule is CCC1CCc2cc(N)c(NS(=O)(=O)CC(F)(F)F)cc2N1CC. The summed E-state index contributed by atoms with van der Waals surface area (Å²) in [4.78, 5) is 2.14. The molecule has 5 nitrogen and oxygen atoms in total. The second-order valence-electron chi connectivity index (χ2n) is 5.93. The fourth-order valence-corrected chi connectivity index (χ4v) is 4.17. The molecule has 0 fully saturated rings. The van der Waals surface area contributed by atoms with Gasteiger partial charge in [0.25, 0.3) is 0 Å². The van der Waals surface area contributed by atoms with Gasteiger partial charge in [0.1, 0.15) is 0 Å². The van der Waals surface area contributed by atoms with E-state index in [1.165, 1.54) is 0 Å². The van der Waals surface area contributed by atoms with E-state index >= 15 is 0 Å². The number of halogens is 3. The van der Waals surface area contributed by atoms with Crippen LogP contribution in [0.3, 0.4) is 0 Å². The van der Waals surface area contributed by atoms with Crippen molar-refractivity contribution in [2.45, 2.75) is 45.3 Å². The lowest BCUT2D eigenvalue weighted by molar-refractivity contribution is -0.106. The van der Waals surface area contributed by atoms with E-state index in [9.17, 15) is 21.6 Å². The quantitative estimate of drug-likeness (QED) is 0.786. The molecule has 24 heavy (non-hydrogen) atoms. The van der Waals surface area contributed by atoms with E-state index in [-0.39, 0.29) is 11.4 Å². The molecule has 1 atom stereocenters. The summed E-state index contributed by atoms with van der Waals surface area (Å²) in [6, 6.07) is 3.52. The van der Waals surface area contributed by atoms with E-state index in [0.717, 1.165) is 37.1 Å². The Bertz CT molecular complexity index is 705. The maximum absolute atomic E-state index is 12.4. The lowest BCUT2D eigenvalue weighted by Gasteiger charge is -2.38. The van der Waals surface area contributed by atoms with Gasteiger partial charge >= 0.3 is 6.18 Å². The zero-order chi connectivity index (χ0) is 18.1. The number of nitrogens with two attached hydrogens (primary N) is 1. The van der Waals surface area contributed by atoms with Crippen LogP contribution in [0.1, 0.15) is 32.3 Å². The molecule has 1 unspecified atom stereocenters. The van der Waals surface area contributed by atoms with Gasteiger partial charge in [-0.15, -0.1) is 0 Å². The number of anilines is 3. The Morgan fingerprint density at radius 1 is 1.33 bits per heavy atom. The highest BCUT2D eigenvalue weighted by Crippen LogP contribution is 2.37. The Kier molecular flexibility index (Phi) is 5.22. The number of nitrogens with one attached hydrogen (secondary N) is 1. The molecule has 0 saturated carbocycles. The number of rotatable bonds is 5. The molecule has 3 N–H and O–H groups in total. The molecule has 9 heteroatoms. The average Bonchev–Trinajstić information content (AvgIpc) is 2.44. The maximum Gasteiger partial charge on any atom is 0.404 e. The molecule has 1 aromatic rings. The normalized spacial score (nSPS) is 18.4. The molecule has 0 aliphatic carbocycles. The molecular weight excluding hydrogens is 343 g/mol. The van der Waals surface area contributed by atoms with Crippen LogP contribution in [0.15, 0.2) is 12.1 Å². The van der Waals surface area contributed by atoms with Crippen LogP contribution in [0.5, 0.6) is 0 Å². The zero-order valence-electron chi connectivity index (χ0n) is 13.7. The Morgan fingerprint density at radius 3 is 2.54 bits per heavy atom. The van der Waals surface area contributed by atoms with Gasteiger partial charge in [0.15, 0.2) is 5.75 Å². The van der Waals surface area contributed by atoms with Crippen molar-refractivity contribution in [1.29, 1.82) is 0 Å². The van der Waals surface area contributed by atoms with E-state index in [4.69, 9.17) is 5.73 Å². The molecule has 1 aromatic carbocycles. The number of alkyl halides is 3. The number of aryl methyl sites for hydroxylation is 1.